The van der Waals surface area contributed by atoms with E-state index in [-0.39, 0.29) is 11.8 Å². The summed E-state index contributed by atoms with van der Waals surface area (Å²) in [5, 5.41) is 0. The Bertz CT molecular complexity index is 599. The van der Waals surface area contributed by atoms with Crippen molar-refractivity contribution < 1.29 is 9.13 Å². The largest absolute Gasteiger partial charge is 0.454 e. The first-order valence-corrected chi connectivity index (χ1v) is 6.76. The molecular formula is C15H15BrFNO. The summed E-state index contributed by atoms with van der Waals surface area (Å²) >= 11 is 3.42. The Morgan fingerprint density at radius 3 is 2.63 bits per heavy atom. The summed E-state index contributed by atoms with van der Waals surface area (Å²) in [5.41, 5.74) is 7.51. The van der Waals surface area contributed by atoms with Gasteiger partial charge in [-0.3, -0.25) is 0 Å². The molecule has 2 aromatic carbocycles. The summed E-state index contributed by atoms with van der Waals surface area (Å²) in [7, 11) is 0. The topological polar surface area (TPSA) is 35.2 Å². The van der Waals surface area contributed by atoms with E-state index in [0.717, 1.165) is 10.0 Å². The van der Waals surface area contributed by atoms with Crippen LogP contribution in [0.3, 0.4) is 0 Å². The monoisotopic (exact) mass is 323 g/mol. The Hall–Kier alpha value is -1.39. The van der Waals surface area contributed by atoms with Crippen LogP contribution in [0.1, 0.15) is 24.1 Å². The number of nitrogens with two attached hydrogens (primary N) is 1. The predicted octanol–water partition coefficient (Wildman–Crippen LogP) is 4.71. The molecule has 2 nitrogen and oxygen atoms in total. The molecule has 100 valence electrons. The van der Waals surface area contributed by atoms with Gasteiger partial charge in [0.1, 0.15) is 5.75 Å². The lowest BCUT2D eigenvalue weighted by Gasteiger charge is -2.15. The van der Waals surface area contributed by atoms with Gasteiger partial charge in [0.15, 0.2) is 11.6 Å². The minimum absolute atomic E-state index is 0.194. The van der Waals surface area contributed by atoms with E-state index < -0.39 is 5.82 Å². The van der Waals surface area contributed by atoms with Gasteiger partial charge in [0.2, 0.25) is 0 Å². The first-order valence-electron chi connectivity index (χ1n) is 5.97. The Labute approximate surface area is 120 Å². The van der Waals surface area contributed by atoms with Gasteiger partial charge in [-0.2, -0.15) is 0 Å². The smallest absolute Gasteiger partial charge is 0.167 e. The van der Waals surface area contributed by atoms with Crippen molar-refractivity contribution >= 4 is 15.9 Å². The first-order chi connectivity index (χ1) is 8.99. The molecule has 0 heterocycles. The fourth-order valence-corrected chi connectivity index (χ4v) is 2.04. The normalized spacial score (nSPS) is 12.3. The van der Waals surface area contributed by atoms with Crippen molar-refractivity contribution in [2.24, 2.45) is 5.73 Å². The van der Waals surface area contributed by atoms with E-state index >= 15 is 0 Å². The van der Waals surface area contributed by atoms with Gasteiger partial charge in [0.05, 0.1) is 0 Å². The fourth-order valence-electron chi connectivity index (χ4n) is 1.79. The van der Waals surface area contributed by atoms with Crippen LogP contribution in [0, 0.1) is 12.7 Å². The molecule has 2 aromatic rings. The minimum Gasteiger partial charge on any atom is -0.454 e. The van der Waals surface area contributed by atoms with Crippen molar-refractivity contribution in [2.45, 2.75) is 19.9 Å². The van der Waals surface area contributed by atoms with Crippen LogP contribution >= 0.6 is 15.9 Å². The lowest BCUT2D eigenvalue weighted by Crippen LogP contribution is -2.07. The third-order valence-electron chi connectivity index (χ3n) is 2.84. The summed E-state index contributed by atoms with van der Waals surface area (Å²) in [5.74, 6) is 0.377. The van der Waals surface area contributed by atoms with Crippen LogP contribution < -0.4 is 10.5 Å². The molecule has 0 aliphatic carbocycles. The van der Waals surface area contributed by atoms with Crippen LogP contribution in [0.25, 0.3) is 0 Å². The lowest BCUT2D eigenvalue weighted by atomic mass is 10.1. The zero-order valence-corrected chi connectivity index (χ0v) is 12.4. The maximum absolute atomic E-state index is 13.9. The molecule has 2 rings (SSSR count). The Kier molecular flexibility index (Phi) is 4.22. The van der Waals surface area contributed by atoms with E-state index in [0.29, 0.717) is 11.3 Å². The second-order valence-electron chi connectivity index (χ2n) is 4.46. The summed E-state index contributed by atoms with van der Waals surface area (Å²) in [4.78, 5) is 0. The molecule has 0 amide bonds. The van der Waals surface area contributed by atoms with Gasteiger partial charge in [0.25, 0.3) is 0 Å². The fraction of sp³-hybridized carbons (Fsp3) is 0.200. The molecule has 0 fully saturated rings. The summed E-state index contributed by atoms with van der Waals surface area (Å²) < 4.78 is 20.5. The van der Waals surface area contributed by atoms with Gasteiger partial charge < -0.3 is 10.5 Å². The van der Waals surface area contributed by atoms with E-state index in [1.165, 1.54) is 6.07 Å². The number of aryl methyl sites for hydroxylation is 1. The van der Waals surface area contributed by atoms with Gasteiger partial charge >= 0.3 is 0 Å². The van der Waals surface area contributed by atoms with Crippen molar-refractivity contribution in [1.29, 1.82) is 0 Å². The molecule has 0 aromatic heterocycles. The zero-order valence-electron chi connectivity index (χ0n) is 10.8. The SMILES string of the molecule is Cc1cc(Oc2c(F)cccc2[C@@H](C)N)ccc1Br. The highest BCUT2D eigenvalue weighted by Gasteiger charge is 2.14. The molecule has 0 aliphatic heterocycles. The van der Waals surface area contributed by atoms with E-state index in [2.05, 4.69) is 15.9 Å². The minimum atomic E-state index is -0.407. The predicted molar refractivity (Wildman–Crippen MR) is 78.0 cm³/mol. The van der Waals surface area contributed by atoms with Gasteiger partial charge in [-0.1, -0.05) is 28.1 Å². The highest BCUT2D eigenvalue weighted by atomic mass is 79.9. The van der Waals surface area contributed by atoms with Crippen molar-refractivity contribution in [3.05, 3.63) is 57.8 Å². The lowest BCUT2D eigenvalue weighted by molar-refractivity contribution is 0.432. The molecule has 2 N–H and O–H groups in total. The van der Waals surface area contributed by atoms with Gasteiger partial charge in [-0.15, -0.1) is 0 Å². The molecule has 0 saturated carbocycles. The average Bonchev–Trinajstić information content (AvgIpc) is 2.36. The number of hydrogen-bond donors (Lipinski definition) is 1. The molecule has 4 heteroatoms. The van der Waals surface area contributed by atoms with Crippen LogP contribution in [-0.4, -0.2) is 0 Å². The Morgan fingerprint density at radius 1 is 1.26 bits per heavy atom. The summed E-state index contributed by atoms with van der Waals surface area (Å²) in [6.07, 6.45) is 0. The molecule has 0 bridgehead atoms. The van der Waals surface area contributed by atoms with Gasteiger partial charge in [0, 0.05) is 16.1 Å². The third kappa shape index (κ3) is 3.14. The van der Waals surface area contributed by atoms with Crippen molar-refractivity contribution in [3.8, 4) is 11.5 Å². The molecule has 0 aliphatic rings. The highest BCUT2D eigenvalue weighted by Crippen LogP contribution is 2.32. The molecular weight excluding hydrogens is 309 g/mol. The number of halogens is 2. The number of hydrogen-bond acceptors (Lipinski definition) is 2. The van der Waals surface area contributed by atoms with Crippen molar-refractivity contribution in [1.82, 2.24) is 0 Å². The maximum atomic E-state index is 13.9. The summed E-state index contributed by atoms with van der Waals surface area (Å²) in [6, 6.07) is 9.99. The molecule has 0 radical (unpaired) electrons. The number of para-hydroxylation sites is 1. The molecule has 0 unspecified atom stereocenters. The van der Waals surface area contributed by atoms with Gasteiger partial charge in [-0.25, -0.2) is 4.39 Å². The summed E-state index contributed by atoms with van der Waals surface area (Å²) in [6.45, 7) is 3.75. The Balaban J connectivity index is 2.40. The van der Waals surface area contributed by atoms with Crippen LogP contribution in [0.4, 0.5) is 4.39 Å². The maximum Gasteiger partial charge on any atom is 0.167 e. The second kappa shape index (κ2) is 5.72. The molecule has 19 heavy (non-hydrogen) atoms. The molecule has 0 saturated heterocycles. The second-order valence-corrected chi connectivity index (χ2v) is 5.31. The van der Waals surface area contributed by atoms with E-state index in [4.69, 9.17) is 10.5 Å². The quantitative estimate of drug-likeness (QED) is 0.887. The van der Waals surface area contributed by atoms with Crippen molar-refractivity contribution in [2.75, 3.05) is 0 Å². The Morgan fingerprint density at radius 2 is 2.00 bits per heavy atom. The zero-order chi connectivity index (χ0) is 14.0. The molecule has 0 spiro atoms. The van der Waals surface area contributed by atoms with E-state index in [9.17, 15) is 4.39 Å². The van der Waals surface area contributed by atoms with Crippen molar-refractivity contribution in [3.63, 3.8) is 0 Å². The molecule has 1 atom stereocenters. The number of ether oxygens (including phenoxy) is 1. The van der Waals surface area contributed by atoms with Crippen LogP contribution in [0.2, 0.25) is 0 Å². The van der Waals surface area contributed by atoms with Crippen LogP contribution in [0.15, 0.2) is 40.9 Å². The van der Waals surface area contributed by atoms with Crippen LogP contribution in [0.5, 0.6) is 11.5 Å². The highest BCUT2D eigenvalue weighted by molar-refractivity contribution is 9.10. The van der Waals surface area contributed by atoms with E-state index in [1.54, 1.807) is 25.1 Å². The average molecular weight is 324 g/mol. The number of rotatable bonds is 3. The first kappa shape index (κ1) is 14.0. The van der Waals surface area contributed by atoms with Gasteiger partial charge in [-0.05, 0) is 43.7 Å². The van der Waals surface area contributed by atoms with E-state index in [1.807, 2.05) is 19.1 Å². The third-order valence-corrected chi connectivity index (χ3v) is 3.73. The number of benzene rings is 2. The standard InChI is InChI=1S/C15H15BrFNO/c1-9-8-11(6-7-13(9)16)19-15-12(10(2)18)4-3-5-14(15)17/h3-8,10H,18H2,1-2H3/t10-/m1/s1. The van der Waals surface area contributed by atoms with Crippen LogP contribution in [-0.2, 0) is 0 Å².